The van der Waals surface area contributed by atoms with E-state index in [1.807, 2.05) is 23.0 Å². The number of thiazole rings is 1. The molecule has 0 aliphatic carbocycles. The summed E-state index contributed by atoms with van der Waals surface area (Å²) in [6.45, 7) is 1.39. The molecule has 13 heteroatoms. The molecule has 1 saturated heterocycles. The Kier molecular flexibility index (Phi) is 6.97. The number of hydrogen-bond acceptors (Lipinski definition) is 8. The SMILES string of the molecule is CSCCn1c(=NC(=O)C2CCCN(S(=O)(=O)c3ccc(Cl)s3)C2)sc2cc3c(cc21)OCO3. The first kappa shape index (κ1) is 24.1. The highest BCUT2D eigenvalue weighted by Gasteiger charge is 2.34. The number of amides is 1. The Hall–Kier alpha value is -1.57. The third-order valence-electron chi connectivity index (χ3n) is 5.78. The molecule has 4 heterocycles. The van der Waals surface area contributed by atoms with Crippen molar-refractivity contribution in [2.75, 3.05) is 31.9 Å². The van der Waals surface area contributed by atoms with Gasteiger partial charge in [-0.2, -0.15) is 21.1 Å². The zero-order chi connectivity index (χ0) is 23.9. The summed E-state index contributed by atoms with van der Waals surface area (Å²) in [5, 5.41) is 0. The minimum atomic E-state index is -3.69. The van der Waals surface area contributed by atoms with Crippen molar-refractivity contribution in [1.82, 2.24) is 8.87 Å². The molecule has 1 fully saturated rings. The quantitative estimate of drug-likeness (QED) is 0.453. The van der Waals surface area contributed by atoms with Gasteiger partial charge in [0.25, 0.3) is 15.9 Å². The molecule has 0 saturated carbocycles. The molecule has 8 nitrogen and oxygen atoms in total. The first-order chi connectivity index (χ1) is 16.4. The second-order valence-electron chi connectivity index (χ2n) is 7.91. The second kappa shape index (κ2) is 9.82. The molecule has 5 rings (SSSR count). The Bertz CT molecular complexity index is 1410. The van der Waals surface area contributed by atoms with Crippen LogP contribution in [0.4, 0.5) is 0 Å². The molecule has 34 heavy (non-hydrogen) atoms. The van der Waals surface area contributed by atoms with Crippen molar-refractivity contribution in [2.24, 2.45) is 10.9 Å². The monoisotopic (exact) mass is 559 g/mol. The van der Waals surface area contributed by atoms with E-state index in [0.717, 1.165) is 27.3 Å². The number of thiophene rings is 1. The van der Waals surface area contributed by atoms with E-state index in [9.17, 15) is 13.2 Å². The van der Waals surface area contributed by atoms with Crippen molar-refractivity contribution in [3.8, 4) is 11.5 Å². The van der Waals surface area contributed by atoms with Gasteiger partial charge in [-0.1, -0.05) is 22.9 Å². The molecule has 2 aliphatic rings. The van der Waals surface area contributed by atoms with E-state index in [2.05, 4.69) is 4.99 Å². The van der Waals surface area contributed by atoms with Gasteiger partial charge in [-0.15, -0.1) is 11.3 Å². The lowest BCUT2D eigenvalue weighted by Gasteiger charge is -2.29. The number of aromatic nitrogens is 1. The Labute approximate surface area is 214 Å². The number of piperidine rings is 1. The molecule has 1 unspecified atom stereocenters. The van der Waals surface area contributed by atoms with E-state index in [4.69, 9.17) is 21.1 Å². The van der Waals surface area contributed by atoms with Crippen LogP contribution < -0.4 is 14.3 Å². The number of halogens is 1. The van der Waals surface area contributed by atoms with Crippen LogP contribution in [0.2, 0.25) is 4.34 Å². The van der Waals surface area contributed by atoms with Crippen molar-refractivity contribution in [3.63, 3.8) is 0 Å². The summed E-state index contributed by atoms with van der Waals surface area (Å²) in [5.74, 6) is 1.44. The first-order valence-electron chi connectivity index (χ1n) is 10.6. The van der Waals surface area contributed by atoms with Gasteiger partial charge in [0, 0.05) is 37.5 Å². The summed E-state index contributed by atoms with van der Waals surface area (Å²) < 4.78 is 42.0. The van der Waals surface area contributed by atoms with Crippen LogP contribution in [0, 0.1) is 5.92 Å². The van der Waals surface area contributed by atoms with Crippen molar-refractivity contribution in [1.29, 1.82) is 0 Å². The van der Waals surface area contributed by atoms with E-state index in [-0.39, 0.29) is 23.5 Å². The molecular weight excluding hydrogens is 538 g/mol. The van der Waals surface area contributed by atoms with Gasteiger partial charge in [-0.3, -0.25) is 4.79 Å². The van der Waals surface area contributed by atoms with Crippen LogP contribution in [0.5, 0.6) is 11.5 Å². The lowest BCUT2D eigenvalue weighted by atomic mass is 9.99. The number of sulfonamides is 1. The number of ether oxygens (including phenoxy) is 2. The van der Waals surface area contributed by atoms with Gasteiger partial charge in [0.1, 0.15) is 4.21 Å². The van der Waals surface area contributed by atoms with Crippen LogP contribution in [0.1, 0.15) is 12.8 Å². The van der Waals surface area contributed by atoms with Gasteiger partial charge in [0.2, 0.25) is 6.79 Å². The fourth-order valence-corrected chi connectivity index (χ4v) is 8.65. The average Bonchev–Trinajstić information content (AvgIpc) is 3.54. The van der Waals surface area contributed by atoms with Crippen LogP contribution in [0.3, 0.4) is 0 Å². The minimum Gasteiger partial charge on any atom is -0.454 e. The number of benzene rings is 1. The van der Waals surface area contributed by atoms with Gasteiger partial charge in [0.05, 0.1) is 20.5 Å². The zero-order valence-electron chi connectivity index (χ0n) is 18.2. The summed E-state index contributed by atoms with van der Waals surface area (Å²) in [5.41, 5.74) is 0.942. The summed E-state index contributed by atoms with van der Waals surface area (Å²) in [7, 11) is -3.69. The lowest BCUT2D eigenvalue weighted by Crippen LogP contribution is -2.42. The first-order valence-corrected chi connectivity index (χ1v) is 15.5. The van der Waals surface area contributed by atoms with Gasteiger partial charge in [-0.25, -0.2) is 8.42 Å². The molecular formula is C21H22ClN3O5S4. The van der Waals surface area contributed by atoms with E-state index < -0.39 is 15.9 Å². The van der Waals surface area contributed by atoms with Crippen LogP contribution in [-0.2, 0) is 21.4 Å². The number of hydrogen-bond donors (Lipinski definition) is 0. The standard InChI is InChI=1S/C21H22ClN3O5S4/c1-31-8-7-25-14-9-15-16(30-12-29-15)10-17(14)32-21(25)23-20(26)13-3-2-6-24(11-13)34(27,28)19-5-4-18(22)33-19/h4-5,9-10,13H,2-3,6-8,11-12H2,1H3. The van der Waals surface area contributed by atoms with E-state index >= 15 is 0 Å². The van der Waals surface area contributed by atoms with Gasteiger partial charge < -0.3 is 14.0 Å². The highest BCUT2D eigenvalue weighted by Crippen LogP contribution is 2.37. The Morgan fingerprint density at radius 3 is 2.79 bits per heavy atom. The van der Waals surface area contributed by atoms with Gasteiger partial charge >= 0.3 is 0 Å². The van der Waals surface area contributed by atoms with Gasteiger partial charge in [-0.05, 0) is 31.2 Å². The maximum Gasteiger partial charge on any atom is 0.252 e. The molecule has 2 aromatic heterocycles. The highest BCUT2D eigenvalue weighted by molar-refractivity contribution is 7.98. The second-order valence-corrected chi connectivity index (χ2v) is 13.8. The summed E-state index contributed by atoms with van der Waals surface area (Å²) >= 11 is 10.1. The van der Waals surface area contributed by atoms with E-state index in [1.165, 1.54) is 21.7 Å². The topological polar surface area (TPSA) is 90.2 Å². The highest BCUT2D eigenvalue weighted by atomic mass is 35.5. The minimum absolute atomic E-state index is 0.117. The summed E-state index contributed by atoms with van der Waals surface area (Å²) in [6, 6.07) is 6.93. The molecule has 0 N–H and O–H groups in total. The van der Waals surface area contributed by atoms with E-state index in [0.29, 0.717) is 46.6 Å². The Morgan fingerprint density at radius 1 is 1.26 bits per heavy atom. The number of thioether (sulfide) groups is 1. The van der Waals surface area contributed by atoms with Crippen LogP contribution in [0.25, 0.3) is 10.2 Å². The fraction of sp³-hybridized carbons (Fsp3) is 0.429. The molecule has 1 amide bonds. The molecule has 0 bridgehead atoms. The summed E-state index contributed by atoms with van der Waals surface area (Å²) in [6.07, 6.45) is 3.24. The third kappa shape index (κ3) is 4.63. The van der Waals surface area contributed by atoms with Crippen molar-refractivity contribution < 1.29 is 22.7 Å². The third-order valence-corrected chi connectivity index (χ3v) is 11.0. The molecule has 1 aromatic carbocycles. The normalized spacial score (nSPS) is 19.2. The van der Waals surface area contributed by atoms with Gasteiger partial charge in [0.15, 0.2) is 16.3 Å². The van der Waals surface area contributed by atoms with Crippen molar-refractivity contribution in [2.45, 2.75) is 23.6 Å². The maximum absolute atomic E-state index is 13.2. The predicted octanol–water partition coefficient (Wildman–Crippen LogP) is 4.04. The number of carbonyl (C=O) groups is 1. The van der Waals surface area contributed by atoms with Crippen molar-refractivity contribution >= 4 is 72.2 Å². The molecule has 2 aliphatic heterocycles. The number of rotatable bonds is 6. The largest absolute Gasteiger partial charge is 0.454 e. The Balaban J connectivity index is 1.45. The van der Waals surface area contributed by atoms with E-state index in [1.54, 1.807) is 17.8 Å². The zero-order valence-corrected chi connectivity index (χ0v) is 22.3. The average molecular weight is 560 g/mol. The Morgan fingerprint density at radius 2 is 2.06 bits per heavy atom. The molecule has 0 spiro atoms. The lowest BCUT2D eigenvalue weighted by molar-refractivity contribution is -0.122. The van der Waals surface area contributed by atoms with Crippen LogP contribution in [-0.4, -0.2) is 55.1 Å². The number of aryl methyl sites for hydroxylation is 1. The van der Waals surface area contributed by atoms with Crippen molar-refractivity contribution in [3.05, 3.63) is 33.4 Å². The smallest absolute Gasteiger partial charge is 0.252 e. The fourth-order valence-electron chi connectivity index (χ4n) is 4.06. The van der Waals surface area contributed by atoms with Crippen LogP contribution in [0.15, 0.2) is 33.5 Å². The maximum atomic E-state index is 13.2. The number of fused-ring (bicyclic) bond motifs is 2. The number of nitrogens with zero attached hydrogens (tertiary/aromatic N) is 3. The molecule has 1 atom stereocenters. The molecule has 0 radical (unpaired) electrons. The summed E-state index contributed by atoms with van der Waals surface area (Å²) in [4.78, 5) is 18.3. The predicted molar refractivity (Wildman–Crippen MR) is 136 cm³/mol. The van der Waals surface area contributed by atoms with Crippen LogP contribution >= 0.6 is 46.0 Å². The number of carbonyl (C=O) groups excluding carboxylic acids is 1. The molecule has 3 aromatic rings. The molecule has 182 valence electrons.